The van der Waals surface area contributed by atoms with Crippen molar-refractivity contribution in [1.29, 1.82) is 0 Å². The van der Waals surface area contributed by atoms with E-state index in [0.717, 1.165) is 31.2 Å². The standard InChI is InChI=1S/C28H33NO5S/c1-19(2)18-23(26-27(30)22-15-8-3-4-9-16-24(22)34-28(26)31)29-35(32,33)25-17-11-10-14-21(25)20-12-6-5-7-13-20/h5-7,10-14,17,19,23,29-30H,3-4,8-9,15-16,18H2,1-2H3. The van der Waals surface area contributed by atoms with Gasteiger partial charge in [0.05, 0.1) is 16.5 Å². The highest BCUT2D eigenvalue weighted by atomic mass is 32.2. The van der Waals surface area contributed by atoms with Crippen LogP contribution in [0.1, 0.15) is 68.9 Å². The summed E-state index contributed by atoms with van der Waals surface area (Å²) in [5, 5.41) is 11.2. The van der Waals surface area contributed by atoms with Crippen LogP contribution >= 0.6 is 0 Å². The van der Waals surface area contributed by atoms with Crippen molar-refractivity contribution in [2.45, 2.75) is 69.7 Å². The number of fused-ring (bicyclic) bond motifs is 1. The van der Waals surface area contributed by atoms with Crippen LogP contribution in [0.25, 0.3) is 11.1 Å². The molecule has 2 aromatic carbocycles. The number of aryl methyl sites for hydroxylation is 1. The molecule has 3 aromatic rings. The number of benzene rings is 2. The van der Waals surface area contributed by atoms with Crippen LogP contribution in [0.4, 0.5) is 0 Å². The Hall–Kier alpha value is -2.90. The first-order chi connectivity index (χ1) is 16.8. The lowest BCUT2D eigenvalue weighted by Gasteiger charge is -2.24. The Morgan fingerprint density at radius 2 is 1.60 bits per heavy atom. The van der Waals surface area contributed by atoms with Crippen LogP contribution in [-0.4, -0.2) is 13.5 Å². The van der Waals surface area contributed by atoms with Crippen molar-refractivity contribution in [3.63, 3.8) is 0 Å². The molecule has 35 heavy (non-hydrogen) atoms. The Balaban J connectivity index is 1.78. The Morgan fingerprint density at radius 1 is 0.943 bits per heavy atom. The normalized spacial score (nSPS) is 15.3. The van der Waals surface area contributed by atoms with Crippen molar-refractivity contribution >= 4 is 10.0 Å². The highest BCUT2D eigenvalue weighted by molar-refractivity contribution is 7.89. The highest BCUT2D eigenvalue weighted by Gasteiger charge is 2.31. The number of hydrogen-bond acceptors (Lipinski definition) is 5. The van der Waals surface area contributed by atoms with Crippen molar-refractivity contribution in [1.82, 2.24) is 4.72 Å². The molecule has 1 unspecified atom stereocenters. The zero-order chi connectivity index (χ0) is 25.0. The lowest BCUT2D eigenvalue weighted by atomic mass is 9.92. The number of nitrogens with one attached hydrogen (secondary N) is 1. The molecular weight excluding hydrogens is 462 g/mol. The summed E-state index contributed by atoms with van der Waals surface area (Å²) in [6, 6.07) is 15.2. The third-order valence-corrected chi connectivity index (χ3v) is 8.04. The molecule has 1 aliphatic rings. The zero-order valence-corrected chi connectivity index (χ0v) is 21.1. The summed E-state index contributed by atoms with van der Waals surface area (Å²) in [6.07, 6.45) is 5.43. The van der Waals surface area contributed by atoms with Gasteiger partial charge in [0.1, 0.15) is 11.5 Å². The lowest BCUT2D eigenvalue weighted by Crippen LogP contribution is -2.33. The summed E-state index contributed by atoms with van der Waals surface area (Å²) in [6.45, 7) is 3.90. The van der Waals surface area contributed by atoms with Gasteiger partial charge in [0.2, 0.25) is 10.0 Å². The van der Waals surface area contributed by atoms with Crippen molar-refractivity contribution in [2.24, 2.45) is 5.92 Å². The van der Waals surface area contributed by atoms with Gasteiger partial charge in [-0.15, -0.1) is 0 Å². The third-order valence-electron chi connectivity index (χ3n) is 6.51. The molecule has 0 spiro atoms. The summed E-state index contributed by atoms with van der Waals surface area (Å²) in [5.41, 5.74) is 1.30. The fourth-order valence-electron chi connectivity index (χ4n) is 4.83. The topological polar surface area (TPSA) is 96.6 Å². The summed E-state index contributed by atoms with van der Waals surface area (Å²) in [4.78, 5) is 13.2. The fraction of sp³-hybridized carbons (Fsp3) is 0.393. The predicted octanol–water partition coefficient (Wildman–Crippen LogP) is 5.74. The first-order valence-electron chi connectivity index (χ1n) is 12.3. The van der Waals surface area contributed by atoms with Gasteiger partial charge >= 0.3 is 5.63 Å². The Bertz CT molecular complexity index is 1330. The van der Waals surface area contributed by atoms with E-state index in [0.29, 0.717) is 36.1 Å². The molecule has 0 fully saturated rings. The van der Waals surface area contributed by atoms with Crippen molar-refractivity contribution in [2.75, 3.05) is 0 Å². The first kappa shape index (κ1) is 25.2. The van der Waals surface area contributed by atoms with E-state index in [4.69, 9.17) is 4.42 Å². The minimum Gasteiger partial charge on any atom is -0.507 e. The molecule has 7 heteroatoms. The van der Waals surface area contributed by atoms with Gasteiger partial charge in [0.25, 0.3) is 0 Å². The van der Waals surface area contributed by atoms with Crippen molar-refractivity contribution < 1.29 is 17.9 Å². The molecular formula is C28H33NO5S. The monoisotopic (exact) mass is 495 g/mol. The summed E-state index contributed by atoms with van der Waals surface area (Å²) in [7, 11) is -4.04. The second-order valence-electron chi connectivity index (χ2n) is 9.63. The molecule has 2 N–H and O–H groups in total. The zero-order valence-electron chi connectivity index (χ0n) is 20.3. The molecule has 0 bridgehead atoms. The maximum Gasteiger partial charge on any atom is 0.344 e. The minimum absolute atomic E-state index is 0.00112. The summed E-state index contributed by atoms with van der Waals surface area (Å²) in [5.74, 6) is 0.465. The second-order valence-corrected chi connectivity index (χ2v) is 11.3. The number of sulfonamides is 1. The molecule has 1 aliphatic carbocycles. The van der Waals surface area contributed by atoms with Gasteiger partial charge in [-0.1, -0.05) is 75.2 Å². The van der Waals surface area contributed by atoms with Crippen LogP contribution in [0.15, 0.2) is 68.7 Å². The molecule has 0 saturated carbocycles. The van der Waals surface area contributed by atoms with Gasteiger partial charge in [0.15, 0.2) is 0 Å². The molecule has 4 rings (SSSR count). The van der Waals surface area contributed by atoms with Gasteiger partial charge in [-0.2, -0.15) is 0 Å². The Morgan fingerprint density at radius 3 is 2.31 bits per heavy atom. The van der Waals surface area contributed by atoms with E-state index in [1.54, 1.807) is 24.3 Å². The molecule has 186 valence electrons. The van der Waals surface area contributed by atoms with E-state index < -0.39 is 21.7 Å². The molecule has 0 aliphatic heterocycles. The summed E-state index contributed by atoms with van der Waals surface area (Å²) >= 11 is 0. The van der Waals surface area contributed by atoms with Crippen molar-refractivity contribution in [3.8, 4) is 16.9 Å². The van der Waals surface area contributed by atoms with E-state index in [-0.39, 0.29) is 22.1 Å². The molecule has 0 amide bonds. The summed E-state index contributed by atoms with van der Waals surface area (Å²) < 4.78 is 35.8. The molecule has 1 atom stereocenters. The van der Waals surface area contributed by atoms with E-state index in [1.807, 2.05) is 44.2 Å². The van der Waals surface area contributed by atoms with Crippen LogP contribution in [0, 0.1) is 5.92 Å². The highest BCUT2D eigenvalue weighted by Crippen LogP contribution is 2.35. The Kier molecular flexibility index (Phi) is 7.77. The predicted molar refractivity (Wildman–Crippen MR) is 137 cm³/mol. The maximum absolute atomic E-state index is 13.7. The van der Waals surface area contributed by atoms with E-state index in [9.17, 15) is 18.3 Å². The van der Waals surface area contributed by atoms with E-state index >= 15 is 0 Å². The second kappa shape index (κ2) is 10.8. The number of aromatic hydroxyl groups is 1. The minimum atomic E-state index is -4.04. The molecule has 1 heterocycles. The Labute approximate surface area is 207 Å². The third kappa shape index (κ3) is 5.68. The largest absolute Gasteiger partial charge is 0.507 e. The van der Waals surface area contributed by atoms with E-state index in [2.05, 4.69) is 4.72 Å². The van der Waals surface area contributed by atoms with Crippen LogP contribution < -0.4 is 10.3 Å². The van der Waals surface area contributed by atoms with Gasteiger partial charge in [-0.05, 0) is 43.2 Å². The van der Waals surface area contributed by atoms with Gasteiger partial charge < -0.3 is 9.52 Å². The molecule has 0 radical (unpaired) electrons. The van der Waals surface area contributed by atoms with Gasteiger partial charge in [-0.25, -0.2) is 17.9 Å². The van der Waals surface area contributed by atoms with Crippen LogP contribution in [-0.2, 0) is 22.9 Å². The van der Waals surface area contributed by atoms with Crippen LogP contribution in [0.3, 0.4) is 0 Å². The SMILES string of the molecule is CC(C)CC(NS(=O)(=O)c1ccccc1-c1ccccc1)c1c(O)c2c(oc1=O)CCCCCC2. The maximum atomic E-state index is 13.7. The molecule has 1 aromatic heterocycles. The van der Waals surface area contributed by atoms with Gasteiger partial charge in [-0.3, -0.25) is 0 Å². The van der Waals surface area contributed by atoms with Crippen molar-refractivity contribution in [3.05, 3.63) is 81.9 Å². The first-order valence-corrected chi connectivity index (χ1v) is 13.8. The average Bonchev–Trinajstić information content (AvgIpc) is 2.80. The average molecular weight is 496 g/mol. The molecule has 0 saturated heterocycles. The van der Waals surface area contributed by atoms with Crippen LogP contribution in [0.2, 0.25) is 0 Å². The fourth-order valence-corrected chi connectivity index (χ4v) is 6.28. The number of hydrogen-bond donors (Lipinski definition) is 2. The quantitative estimate of drug-likeness (QED) is 0.436. The van der Waals surface area contributed by atoms with E-state index in [1.165, 1.54) is 0 Å². The van der Waals surface area contributed by atoms with Crippen LogP contribution in [0.5, 0.6) is 5.75 Å². The number of rotatable bonds is 7. The molecule has 6 nitrogen and oxygen atoms in total. The smallest absolute Gasteiger partial charge is 0.344 e. The lowest BCUT2D eigenvalue weighted by molar-refractivity contribution is 0.367. The van der Waals surface area contributed by atoms with Gasteiger partial charge in [0, 0.05) is 17.5 Å².